The van der Waals surface area contributed by atoms with Gasteiger partial charge in [0.15, 0.2) is 0 Å². The minimum Gasteiger partial charge on any atom is -0.363 e. The maximum absolute atomic E-state index is 12.8. The molecule has 0 bridgehead atoms. The minimum absolute atomic E-state index is 0.144. The van der Waals surface area contributed by atoms with E-state index in [2.05, 4.69) is 54.3 Å². The quantitative estimate of drug-likeness (QED) is 0.920. The Morgan fingerprint density at radius 1 is 1.17 bits per heavy atom. The molecule has 1 amide bonds. The summed E-state index contributed by atoms with van der Waals surface area (Å²) in [6.45, 7) is 9.24. The topological polar surface area (TPSA) is 28.0 Å². The predicted molar refractivity (Wildman–Crippen MR) is 99.6 cm³/mol. The molecule has 3 rings (SSSR count). The van der Waals surface area contributed by atoms with Gasteiger partial charge in [-0.2, -0.15) is 0 Å². The molecule has 2 aromatic rings. The lowest BCUT2D eigenvalue weighted by Crippen LogP contribution is -3.14. The van der Waals surface area contributed by atoms with Gasteiger partial charge in [-0.05, 0) is 36.8 Å². The van der Waals surface area contributed by atoms with Crippen molar-refractivity contribution < 1.29 is 9.69 Å². The normalized spacial score (nSPS) is 17.0. The number of nitrogens with one attached hydrogen (secondary N) is 1. The third-order valence-corrected chi connectivity index (χ3v) is 5.36. The highest BCUT2D eigenvalue weighted by Gasteiger charge is 2.28. The van der Waals surface area contributed by atoms with Gasteiger partial charge in [-0.25, -0.2) is 0 Å². The number of amides is 1. The Hall–Kier alpha value is -2.07. The van der Waals surface area contributed by atoms with Crippen LogP contribution in [0.4, 0.5) is 5.69 Å². The molecule has 1 N–H and O–H groups in total. The highest BCUT2D eigenvalue weighted by atomic mass is 16.2. The van der Waals surface area contributed by atoms with Gasteiger partial charge in [0.1, 0.15) is 6.04 Å². The van der Waals surface area contributed by atoms with Gasteiger partial charge >= 0.3 is 0 Å². The fraction of sp³-hybridized carbons (Fsp3) is 0.450. The largest absolute Gasteiger partial charge is 0.363 e. The van der Waals surface area contributed by atoms with Crippen molar-refractivity contribution in [3.8, 4) is 0 Å². The Kier molecular flexibility index (Phi) is 5.05. The molecule has 1 aliphatic rings. The summed E-state index contributed by atoms with van der Waals surface area (Å²) in [7, 11) is 2.01. The monoisotopic (exact) mass is 326 g/mol. The molecule has 2 aromatic carbocycles. The molecule has 0 saturated carbocycles. The zero-order chi connectivity index (χ0) is 17.1. The van der Waals surface area contributed by atoms with Gasteiger partial charge in [-0.1, -0.05) is 30.3 Å². The summed E-state index contributed by atoms with van der Waals surface area (Å²) in [5, 5.41) is 2.44. The van der Waals surface area contributed by atoms with E-state index in [4.69, 9.17) is 0 Å². The Morgan fingerprint density at radius 3 is 2.50 bits per heavy atom. The van der Waals surface area contributed by atoms with Crippen molar-refractivity contribution in [3.05, 3.63) is 42.5 Å². The number of benzene rings is 2. The van der Waals surface area contributed by atoms with E-state index in [1.165, 1.54) is 10.8 Å². The van der Waals surface area contributed by atoms with E-state index in [1.54, 1.807) is 4.90 Å². The van der Waals surface area contributed by atoms with Crippen molar-refractivity contribution >= 4 is 22.4 Å². The van der Waals surface area contributed by atoms with Gasteiger partial charge in [0.05, 0.1) is 32.7 Å². The molecule has 1 saturated heterocycles. The molecule has 1 heterocycles. The van der Waals surface area contributed by atoms with Crippen molar-refractivity contribution in [2.45, 2.75) is 19.9 Å². The second kappa shape index (κ2) is 7.22. The van der Waals surface area contributed by atoms with E-state index in [1.807, 2.05) is 18.9 Å². The highest BCUT2D eigenvalue weighted by molar-refractivity contribution is 5.88. The Bertz CT molecular complexity index is 707. The third-order valence-electron chi connectivity index (χ3n) is 5.36. The molecular weight excluding hydrogens is 298 g/mol. The maximum Gasteiger partial charge on any atom is 0.245 e. The lowest BCUT2D eigenvalue weighted by atomic mass is 10.1. The number of likely N-dealkylation sites (N-methyl/N-ethyl adjacent to an activating group) is 2. The van der Waals surface area contributed by atoms with Crippen LogP contribution in [0.3, 0.4) is 0 Å². The summed E-state index contributed by atoms with van der Waals surface area (Å²) in [6.07, 6.45) is 0. The van der Waals surface area contributed by atoms with E-state index >= 15 is 0 Å². The average molecular weight is 326 g/mol. The number of carbonyl (C=O) groups is 1. The van der Waals surface area contributed by atoms with E-state index < -0.39 is 0 Å². The van der Waals surface area contributed by atoms with Crippen LogP contribution in [0, 0.1) is 0 Å². The highest BCUT2D eigenvalue weighted by Crippen LogP contribution is 2.23. The van der Waals surface area contributed by atoms with Crippen LogP contribution in [0.2, 0.25) is 0 Å². The predicted octanol–water partition coefficient (Wildman–Crippen LogP) is 1.41. The molecule has 0 unspecified atom stereocenters. The molecule has 0 aromatic heterocycles. The molecule has 1 fully saturated rings. The fourth-order valence-electron chi connectivity index (χ4n) is 3.45. The number of piperazine rings is 1. The van der Waals surface area contributed by atoms with Crippen molar-refractivity contribution in [2.24, 2.45) is 0 Å². The second-order valence-corrected chi connectivity index (χ2v) is 6.75. The molecule has 0 aliphatic carbocycles. The maximum atomic E-state index is 12.8. The Balaban J connectivity index is 1.71. The van der Waals surface area contributed by atoms with Crippen molar-refractivity contribution in [1.29, 1.82) is 0 Å². The first-order valence-electron chi connectivity index (χ1n) is 8.94. The summed E-state index contributed by atoms with van der Waals surface area (Å²) in [5.74, 6) is 0.237. The van der Waals surface area contributed by atoms with Gasteiger partial charge in [-0.3, -0.25) is 4.79 Å². The lowest BCUT2D eigenvalue weighted by Gasteiger charge is -2.35. The number of hydrogen-bond donors (Lipinski definition) is 1. The smallest absolute Gasteiger partial charge is 0.245 e. The summed E-state index contributed by atoms with van der Waals surface area (Å²) in [6, 6.07) is 14.6. The van der Waals surface area contributed by atoms with Crippen LogP contribution in [-0.4, -0.2) is 56.6 Å². The summed E-state index contributed by atoms with van der Waals surface area (Å²) in [4.78, 5) is 18.6. The fourth-order valence-corrected chi connectivity index (χ4v) is 3.45. The molecular formula is C20H28N3O+. The number of carbonyl (C=O) groups excluding carboxylic acids is 1. The number of fused-ring (bicyclic) bond motifs is 1. The van der Waals surface area contributed by atoms with Crippen LogP contribution in [0.25, 0.3) is 10.8 Å². The van der Waals surface area contributed by atoms with Crippen LogP contribution >= 0.6 is 0 Å². The van der Waals surface area contributed by atoms with Gasteiger partial charge in [-0.15, -0.1) is 0 Å². The summed E-state index contributed by atoms with van der Waals surface area (Å²) < 4.78 is 0. The Labute approximate surface area is 144 Å². The summed E-state index contributed by atoms with van der Waals surface area (Å²) in [5.41, 5.74) is 1.09. The second-order valence-electron chi connectivity index (χ2n) is 6.75. The molecule has 0 radical (unpaired) electrons. The van der Waals surface area contributed by atoms with Gasteiger partial charge < -0.3 is 14.7 Å². The number of quaternary nitrogens is 1. The molecule has 24 heavy (non-hydrogen) atoms. The first-order chi connectivity index (χ1) is 11.6. The first-order valence-corrected chi connectivity index (χ1v) is 8.94. The van der Waals surface area contributed by atoms with Crippen LogP contribution < -0.4 is 9.80 Å². The Morgan fingerprint density at radius 2 is 1.83 bits per heavy atom. The van der Waals surface area contributed by atoms with Crippen LogP contribution in [-0.2, 0) is 4.79 Å². The van der Waals surface area contributed by atoms with Crippen LogP contribution in [0.1, 0.15) is 13.8 Å². The number of nitrogens with zero attached hydrogens (tertiary/aromatic N) is 2. The average Bonchev–Trinajstić information content (AvgIpc) is 2.66. The van der Waals surface area contributed by atoms with E-state index in [0.29, 0.717) is 0 Å². The first kappa shape index (κ1) is 16.8. The van der Waals surface area contributed by atoms with Gasteiger partial charge in [0, 0.05) is 12.7 Å². The van der Waals surface area contributed by atoms with Crippen molar-refractivity contribution in [2.75, 3.05) is 44.7 Å². The van der Waals surface area contributed by atoms with Gasteiger partial charge in [0.2, 0.25) is 5.91 Å². The van der Waals surface area contributed by atoms with Gasteiger partial charge in [0.25, 0.3) is 0 Å². The number of anilines is 1. The van der Waals surface area contributed by atoms with E-state index in [-0.39, 0.29) is 11.9 Å². The van der Waals surface area contributed by atoms with Crippen molar-refractivity contribution in [3.63, 3.8) is 0 Å². The van der Waals surface area contributed by atoms with E-state index in [9.17, 15) is 4.79 Å². The molecule has 1 aliphatic heterocycles. The zero-order valence-electron chi connectivity index (χ0n) is 15.0. The summed E-state index contributed by atoms with van der Waals surface area (Å²) >= 11 is 0. The number of hydrogen-bond acceptors (Lipinski definition) is 2. The zero-order valence-corrected chi connectivity index (χ0v) is 15.0. The molecule has 4 nitrogen and oxygen atoms in total. The molecule has 1 atom stereocenters. The molecule has 4 heteroatoms. The molecule has 128 valence electrons. The lowest BCUT2D eigenvalue weighted by molar-refractivity contribution is -0.902. The standard InChI is InChI=1S/C20H27N3O/c1-4-22-11-13-23(14-12-22)20(24)16(2)21(3)19-10-9-17-7-5-6-8-18(17)15-19/h5-10,15-16H,4,11-14H2,1-3H3/p+1/t16-/m1/s1. The number of rotatable bonds is 4. The molecule has 0 spiro atoms. The van der Waals surface area contributed by atoms with Crippen LogP contribution in [0.15, 0.2) is 42.5 Å². The van der Waals surface area contributed by atoms with E-state index in [0.717, 1.165) is 38.4 Å². The minimum atomic E-state index is -0.144. The van der Waals surface area contributed by atoms with Crippen molar-refractivity contribution in [1.82, 2.24) is 4.90 Å². The van der Waals surface area contributed by atoms with Crippen LogP contribution in [0.5, 0.6) is 0 Å². The third kappa shape index (κ3) is 3.39. The SMILES string of the molecule is CC[NH+]1CCN(C(=O)[C@@H](C)N(C)c2ccc3ccccc3c2)CC1.